The maximum absolute atomic E-state index is 5.06. The van der Waals surface area contributed by atoms with E-state index in [1.807, 2.05) is 0 Å². The van der Waals surface area contributed by atoms with Crippen molar-refractivity contribution in [3.63, 3.8) is 0 Å². The standard InChI is InChI=1S/C13H29NO/c1-6-12(9-7-8-10-15-5)11-14-13(2,3)4/h12,14H,6-11H2,1-5H3. The number of methoxy groups -OCH3 is 1. The first-order chi connectivity index (χ1) is 6.99. The van der Waals surface area contributed by atoms with E-state index in [-0.39, 0.29) is 5.54 Å². The van der Waals surface area contributed by atoms with Crippen LogP contribution in [0.25, 0.3) is 0 Å². The van der Waals surface area contributed by atoms with Gasteiger partial charge in [0.05, 0.1) is 0 Å². The van der Waals surface area contributed by atoms with E-state index < -0.39 is 0 Å². The summed E-state index contributed by atoms with van der Waals surface area (Å²) in [5.74, 6) is 0.820. The van der Waals surface area contributed by atoms with Gasteiger partial charge in [-0.25, -0.2) is 0 Å². The van der Waals surface area contributed by atoms with Gasteiger partial charge in [-0.2, -0.15) is 0 Å². The molecule has 1 unspecified atom stereocenters. The van der Waals surface area contributed by atoms with E-state index in [1.54, 1.807) is 7.11 Å². The predicted octanol–water partition coefficient (Wildman–Crippen LogP) is 3.22. The minimum absolute atomic E-state index is 0.250. The normalized spacial score (nSPS) is 14.2. The molecule has 0 aromatic heterocycles. The lowest BCUT2D eigenvalue weighted by atomic mass is 9.97. The summed E-state index contributed by atoms with van der Waals surface area (Å²) in [6.07, 6.45) is 5.08. The van der Waals surface area contributed by atoms with Crippen LogP contribution in [0.1, 0.15) is 53.4 Å². The van der Waals surface area contributed by atoms with Crippen molar-refractivity contribution in [1.82, 2.24) is 5.32 Å². The first-order valence-corrected chi connectivity index (χ1v) is 6.23. The molecule has 0 saturated carbocycles. The topological polar surface area (TPSA) is 21.3 Å². The van der Waals surface area contributed by atoms with Gasteiger partial charge in [0.15, 0.2) is 0 Å². The SMILES string of the molecule is CCC(CCCCOC)CNC(C)(C)C. The summed E-state index contributed by atoms with van der Waals surface area (Å²) in [7, 11) is 1.78. The van der Waals surface area contributed by atoms with Crippen LogP contribution in [0.5, 0.6) is 0 Å². The molecule has 92 valence electrons. The molecule has 2 heteroatoms. The third-order valence-corrected chi connectivity index (χ3v) is 2.71. The van der Waals surface area contributed by atoms with Crippen LogP contribution in [-0.2, 0) is 4.74 Å². The van der Waals surface area contributed by atoms with E-state index in [0.717, 1.165) is 19.1 Å². The molecule has 0 aliphatic rings. The molecule has 0 spiro atoms. The lowest BCUT2D eigenvalue weighted by Crippen LogP contribution is -2.39. The summed E-state index contributed by atoms with van der Waals surface area (Å²) in [5, 5.41) is 3.58. The minimum Gasteiger partial charge on any atom is -0.385 e. The van der Waals surface area contributed by atoms with E-state index in [1.165, 1.54) is 25.7 Å². The summed E-state index contributed by atoms with van der Waals surface area (Å²) in [6.45, 7) is 11.0. The van der Waals surface area contributed by atoms with E-state index in [9.17, 15) is 0 Å². The molecular weight excluding hydrogens is 186 g/mol. The van der Waals surface area contributed by atoms with E-state index in [4.69, 9.17) is 4.74 Å². The highest BCUT2D eigenvalue weighted by atomic mass is 16.5. The second-order valence-electron chi connectivity index (χ2n) is 5.39. The van der Waals surface area contributed by atoms with Gasteiger partial charge in [0.25, 0.3) is 0 Å². The van der Waals surface area contributed by atoms with Gasteiger partial charge in [0.1, 0.15) is 0 Å². The van der Waals surface area contributed by atoms with Crippen LogP contribution in [-0.4, -0.2) is 25.8 Å². The van der Waals surface area contributed by atoms with Gasteiger partial charge in [-0.1, -0.05) is 19.8 Å². The van der Waals surface area contributed by atoms with Crippen molar-refractivity contribution in [2.45, 2.75) is 58.9 Å². The molecule has 0 aliphatic heterocycles. The fourth-order valence-electron chi connectivity index (χ4n) is 1.58. The van der Waals surface area contributed by atoms with Crippen LogP contribution in [0.3, 0.4) is 0 Å². The third kappa shape index (κ3) is 10.2. The highest BCUT2D eigenvalue weighted by Crippen LogP contribution is 2.13. The second-order valence-corrected chi connectivity index (χ2v) is 5.39. The number of nitrogens with one attached hydrogen (secondary N) is 1. The maximum atomic E-state index is 5.06. The van der Waals surface area contributed by atoms with Crippen molar-refractivity contribution < 1.29 is 4.74 Å². The van der Waals surface area contributed by atoms with Gasteiger partial charge < -0.3 is 10.1 Å². The average Bonchev–Trinajstić information content (AvgIpc) is 2.15. The van der Waals surface area contributed by atoms with Crippen LogP contribution >= 0.6 is 0 Å². The van der Waals surface area contributed by atoms with Gasteiger partial charge in [-0.3, -0.25) is 0 Å². The van der Waals surface area contributed by atoms with Gasteiger partial charge in [-0.05, 0) is 46.1 Å². The fourth-order valence-corrected chi connectivity index (χ4v) is 1.58. The Morgan fingerprint density at radius 1 is 1.20 bits per heavy atom. The number of hydrogen-bond donors (Lipinski definition) is 1. The zero-order valence-electron chi connectivity index (χ0n) is 11.2. The minimum atomic E-state index is 0.250. The Labute approximate surface area is 95.8 Å². The predicted molar refractivity (Wildman–Crippen MR) is 67.3 cm³/mol. The zero-order chi connectivity index (χ0) is 11.7. The number of rotatable bonds is 8. The molecule has 1 N–H and O–H groups in total. The average molecular weight is 215 g/mol. The molecule has 0 fully saturated rings. The molecule has 0 aromatic carbocycles. The fraction of sp³-hybridized carbons (Fsp3) is 1.00. The Kier molecular flexibility index (Phi) is 8.07. The quantitative estimate of drug-likeness (QED) is 0.628. The summed E-state index contributed by atoms with van der Waals surface area (Å²) in [6, 6.07) is 0. The number of unbranched alkanes of at least 4 members (excludes halogenated alkanes) is 1. The van der Waals surface area contributed by atoms with Crippen molar-refractivity contribution in [3.8, 4) is 0 Å². The Bertz CT molecular complexity index is 140. The summed E-state index contributed by atoms with van der Waals surface area (Å²) < 4.78 is 5.06. The Morgan fingerprint density at radius 2 is 1.87 bits per heavy atom. The number of hydrogen-bond acceptors (Lipinski definition) is 2. The molecule has 0 aliphatic carbocycles. The van der Waals surface area contributed by atoms with Crippen molar-refractivity contribution in [1.29, 1.82) is 0 Å². The lowest BCUT2D eigenvalue weighted by Gasteiger charge is -2.24. The maximum Gasteiger partial charge on any atom is 0.0462 e. The van der Waals surface area contributed by atoms with E-state index in [0.29, 0.717) is 0 Å². The monoisotopic (exact) mass is 215 g/mol. The molecule has 2 nitrogen and oxygen atoms in total. The van der Waals surface area contributed by atoms with Crippen LogP contribution in [0.4, 0.5) is 0 Å². The molecule has 15 heavy (non-hydrogen) atoms. The molecule has 0 aromatic rings. The highest BCUT2D eigenvalue weighted by molar-refractivity contribution is 4.72. The molecule has 0 bridgehead atoms. The van der Waals surface area contributed by atoms with E-state index in [2.05, 4.69) is 33.0 Å². The van der Waals surface area contributed by atoms with Gasteiger partial charge in [0.2, 0.25) is 0 Å². The Morgan fingerprint density at radius 3 is 2.33 bits per heavy atom. The Hall–Kier alpha value is -0.0800. The van der Waals surface area contributed by atoms with Crippen LogP contribution in [0.15, 0.2) is 0 Å². The van der Waals surface area contributed by atoms with Gasteiger partial charge >= 0.3 is 0 Å². The van der Waals surface area contributed by atoms with Crippen LogP contribution < -0.4 is 5.32 Å². The van der Waals surface area contributed by atoms with Crippen LogP contribution in [0.2, 0.25) is 0 Å². The van der Waals surface area contributed by atoms with Crippen molar-refractivity contribution >= 4 is 0 Å². The molecule has 0 rings (SSSR count). The molecule has 0 amide bonds. The first-order valence-electron chi connectivity index (χ1n) is 6.23. The smallest absolute Gasteiger partial charge is 0.0462 e. The summed E-state index contributed by atoms with van der Waals surface area (Å²) in [5.41, 5.74) is 0.250. The largest absolute Gasteiger partial charge is 0.385 e. The second kappa shape index (κ2) is 8.12. The molecule has 0 saturated heterocycles. The van der Waals surface area contributed by atoms with Gasteiger partial charge in [0, 0.05) is 19.3 Å². The van der Waals surface area contributed by atoms with Crippen molar-refractivity contribution in [3.05, 3.63) is 0 Å². The van der Waals surface area contributed by atoms with Crippen molar-refractivity contribution in [2.75, 3.05) is 20.3 Å². The van der Waals surface area contributed by atoms with E-state index >= 15 is 0 Å². The molecule has 0 heterocycles. The Balaban J connectivity index is 3.55. The molecule has 0 radical (unpaired) electrons. The molecule has 1 atom stereocenters. The number of ether oxygens (including phenoxy) is 1. The summed E-state index contributed by atoms with van der Waals surface area (Å²) >= 11 is 0. The molecular formula is C13H29NO. The van der Waals surface area contributed by atoms with Crippen LogP contribution in [0, 0.1) is 5.92 Å². The highest BCUT2D eigenvalue weighted by Gasteiger charge is 2.12. The summed E-state index contributed by atoms with van der Waals surface area (Å²) in [4.78, 5) is 0. The first kappa shape index (κ1) is 14.9. The zero-order valence-corrected chi connectivity index (χ0v) is 11.2. The van der Waals surface area contributed by atoms with Crippen molar-refractivity contribution in [2.24, 2.45) is 5.92 Å². The third-order valence-electron chi connectivity index (χ3n) is 2.71. The lowest BCUT2D eigenvalue weighted by molar-refractivity contribution is 0.189. The van der Waals surface area contributed by atoms with Gasteiger partial charge in [-0.15, -0.1) is 0 Å².